The minimum Gasteiger partial charge on any atom is -0.478 e. The number of hydrogen-bond donors (Lipinski definition) is 1. The molecule has 1 aromatic carbocycles. The lowest BCUT2D eigenvalue weighted by atomic mass is 10.1. The van der Waals surface area contributed by atoms with Crippen LogP contribution in [0.15, 0.2) is 30.6 Å². The van der Waals surface area contributed by atoms with Gasteiger partial charge in [0.2, 0.25) is 0 Å². The number of nitro benzene ring substituents is 1. The third kappa shape index (κ3) is 1.93. The molecular weight excluding hydrogens is 238 g/mol. The molecule has 1 N–H and O–H groups in total. The average Bonchev–Trinajstić information content (AvgIpc) is 2.74. The summed E-state index contributed by atoms with van der Waals surface area (Å²) in [5.41, 5.74) is 0.290. The van der Waals surface area contributed by atoms with Crippen molar-refractivity contribution in [1.82, 2.24) is 9.78 Å². The normalized spacial score (nSPS) is 10.3. The summed E-state index contributed by atoms with van der Waals surface area (Å²) < 4.78 is 1.21. The molecule has 0 spiro atoms. The number of carboxylic acids is 1. The summed E-state index contributed by atoms with van der Waals surface area (Å²) in [6, 6.07) is 3.89. The van der Waals surface area contributed by atoms with Crippen LogP contribution in [0.2, 0.25) is 0 Å². The zero-order chi connectivity index (χ0) is 13.3. The van der Waals surface area contributed by atoms with Crippen LogP contribution in [-0.4, -0.2) is 25.8 Å². The fraction of sp³-hybridized carbons (Fsp3) is 0.0909. The first kappa shape index (κ1) is 11.8. The van der Waals surface area contributed by atoms with Crippen LogP contribution >= 0.6 is 0 Å². The van der Waals surface area contributed by atoms with Crippen molar-refractivity contribution in [2.24, 2.45) is 0 Å². The Balaban J connectivity index is 2.76. The highest BCUT2D eigenvalue weighted by Gasteiger charge is 2.23. The second-order valence-corrected chi connectivity index (χ2v) is 3.70. The van der Waals surface area contributed by atoms with Crippen molar-refractivity contribution in [3.8, 4) is 5.69 Å². The number of hydrogen-bond acceptors (Lipinski definition) is 4. The number of aromatic nitrogens is 2. The lowest BCUT2D eigenvalue weighted by molar-refractivity contribution is -0.384. The van der Waals surface area contributed by atoms with E-state index in [9.17, 15) is 14.9 Å². The Morgan fingerprint density at radius 2 is 2.22 bits per heavy atom. The van der Waals surface area contributed by atoms with Gasteiger partial charge in [-0.1, -0.05) is 6.07 Å². The average molecular weight is 247 g/mol. The lowest BCUT2D eigenvalue weighted by Gasteiger charge is -2.06. The predicted octanol–water partition coefficient (Wildman–Crippen LogP) is 1.79. The number of benzene rings is 1. The first-order chi connectivity index (χ1) is 8.50. The number of aryl methyl sites for hydroxylation is 1. The highest BCUT2D eigenvalue weighted by molar-refractivity contribution is 5.93. The topological polar surface area (TPSA) is 98.3 Å². The zero-order valence-electron chi connectivity index (χ0n) is 9.40. The van der Waals surface area contributed by atoms with Gasteiger partial charge in [-0.2, -0.15) is 5.10 Å². The minimum atomic E-state index is -1.23. The summed E-state index contributed by atoms with van der Waals surface area (Å²) >= 11 is 0. The molecule has 0 radical (unpaired) electrons. The van der Waals surface area contributed by atoms with Gasteiger partial charge in [0.1, 0.15) is 0 Å². The molecule has 2 rings (SSSR count). The molecule has 2 aromatic rings. The van der Waals surface area contributed by atoms with Crippen LogP contribution in [0.1, 0.15) is 15.9 Å². The fourth-order valence-corrected chi connectivity index (χ4v) is 1.63. The predicted molar refractivity (Wildman–Crippen MR) is 61.9 cm³/mol. The van der Waals surface area contributed by atoms with E-state index in [1.807, 2.05) is 0 Å². The van der Waals surface area contributed by atoms with Crippen LogP contribution in [0.5, 0.6) is 0 Å². The Bertz CT molecular complexity index is 601. The number of rotatable bonds is 3. The van der Waals surface area contributed by atoms with E-state index in [2.05, 4.69) is 5.10 Å². The highest BCUT2D eigenvalue weighted by atomic mass is 16.6. The minimum absolute atomic E-state index is 0.0388. The SMILES string of the molecule is Cc1cnn(-c2c(C(=O)O)cccc2[N+](=O)[O-])c1. The molecule has 0 saturated carbocycles. The Kier molecular flexibility index (Phi) is 2.80. The smallest absolute Gasteiger partial charge is 0.338 e. The van der Waals surface area contributed by atoms with Gasteiger partial charge in [-0.05, 0) is 18.6 Å². The van der Waals surface area contributed by atoms with Crippen molar-refractivity contribution in [1.29, 1.82) is 0 Å². The zero-order valence-corrected chi connectivity index (χ0v) is 9.40. The number of nitro groups is 1. The van der Waals surface area contributed by atoms with Crippen LogP contribution in [0.25, 0.3) is 5.69 Å². The van der Waals surface area contributed by atoms with E-state index in [0.29, 0.717) is 0 Å². The van der Waals surface area contributed by atoms with E-state index in [1.54, 1.807) is 6.92 Å². The Labute approximate surface area is 101 Å². The molecule has 18 heavy (non-hydrogen) atoms. The second-order valence-electron chi connectivity index (χ2n) is 3.70. The summed E-state index contributed by atoms with van der Waals surface area (Å²) in [5, 5.41) is 23.9. The van der Waals surface area contributed by atoms with Gasteiger partial charge in [0, 0.05) is 12.3 Å². The van der Waals surface area contributed by atoms with E-state index in [-0.39, 0.29) is 16.9 Å². The van der Waals surface area contributed by atoms with Crippen LogP contribution in [0.3, 0.4) is 0 Å². The molecule has 0 amide bonds. The molecule has 0 unspecified atom stereocenters. The molecule has 0 fully saturated rings. The van der Waals surface area contributed by atoms with Crippen molar-refractivity contribution in [2.45, 2.75) is 6.92 Å². The standard InChI is InChI=1S/C11H9N3O4/c1-7-5-12-13(6-7)10-8(11(15)16)3-2-4-9(10)14(17)18/h2-6H,1H3,(H,15,16). The monoisotopic (exact) mass is 247 g/mol. The number of aromatic carboxylic acids is 1. The number of nitrogens with zero attached hydrogens (tertiary/aromatic N) is 3. The quantitative estimate of drug-likeness (QED) is 0.658. The molecule has 0 atom stereocenters. The summed E-state index contributed by atoms with van der Waals surface area (Å²) in [7, 11) is 0. The van der Waals surface area contributed by atoms with Gasteiger partial charge >= 0.3 is 5.97 Å². The van der Waals surface area contributed by atoms with E-state index < -0.39 is 10.9 Å². The van der Waals surface area contributed by atoms with E-state index >= 15 is 0 Å². The number of carboxylic acid groups (broad SMARTS) is 1. The van der Waals surface area contributed by atoms with Gasteiger partial charge in [0.25, 0.3) is 5.69 Å². The summed E-state index contributed by atoms with van der Waals surface area (Å²) in [4.78, 5) is 21.4. The first-order valence-electron chi connectivity index (χ1n) is 5.03. The molecule has 0 aliphatic heterocycles. The van der Waals surface area contributed by atoms with Crippen LogP contribution in [0, 0.1) is 17.0 Å². The van der Waals surface area contributed by atoms with Crippen LogP contribution in [-0.2, 0) is 0 Å². The molecule has 7 nitrogen and oxygen atoms in total. The Hall–Kier alpha value is -2.70. The maximum atomic E-state index is 11.1. The van der Waals surface area contributed by atoms with Crippen molar-refractivity contribution in [2.75, 3.05) is 0 Å². The Morgan fingerprint density at radius 1 is 1.50 bits per heavy atom. The molecule has 0 saturated heterocycles. The van der Waals surface area contributed by atoms with E-state index in [4.69, 9.17) is 5.11 Å². The van der Waals surface area contributed by atoms with Gasteiger partial charge in [-0.3, -0.25) is 10.1 Å². The van der Waals surface area contributed by atoms with Crippen molar-refractivity contribution in [3.63, 3.8) is 0 Å². The van der Waals surface area contributed by atoms with Crippen molar-refractivity contribution in [3.05, 3.63) is 51.8 Å². The summed E-state index contributed by atoms with van der Waals surface area (Å²) in [6.07, 6.45) is 3.04. The summed E-state index contributed by atoms with van der Waals surface area (Å²) in [5.74, 6) is -1.23. The summed E-state index contributed by atoms with van der Waals surface area (Å²) in [6.45, 7) is 1.76. The van der Waals surface area contributed by atoms with Gasteiger partial charge in [0.05, 0.1) is 16.7 Å². The van der Waals surface area contributed by atoms with E-state index in [0.717, 1.165) is 5.56 Å². The molecule has 0 aliphatic carbocycles. The molecule has 92 valence electrons. The van der Waals surface area contributed by atoms with Crippen molar-refractivity contribution < 1.29 is 14.8 Å². The third-order valence-electron chi connectivity index (χ3n) is 2.38. The number of para-hydroxylation sites is 1. The van der Waals surface area contributed by atoms with Crippen LogP contribution in [0.4, 0.5) is 5.69 Å². The third-order valence-corrected chi connectivity index (χ3v) is 2.38. The highest BCUT2D eigenvalue weighted by Crippen LogP contribution is 2.26. The molecule has 1 heterocycles. The Morgan fingerprint density at radius 3 is 2.72 bits per heavy atom. The van der Waals surface area contributed by atoms with Crippen molar-refractivity contribution >= 4 is 11.7 Å². The molecule has 7 heteroatoms. The number of carbonyl (C=O) groups is 1. The van der Waals surface area contributed by atoms with Gasteiger partial charge in [-0.25, -0.2) is 9.48 Å². The first-order valence-corrected chi connectivity index (χ1v) is 5.03. The maximum absolute atomic E-state index is 11.1. The molecule has 0 bridgehead atoms. The van der Waals surface area contributed by atoms with E-state index in [1.165, 1.54) is 35.3 Å². The molecule has 0 aliphatic rings. The largest absolute Gasteiger partial charge is 0.478 e. The van der Waals surface area contributed by atoms with Gasteiger partial charge in [-0.15, -0.1) is 0 Å². The second kappa shape index (κ2) is 4.28. The fourth-order valence-electron chi connectivity index (χ4n) is 1.63. The molecular formula is C11H9N3O4. The lowest BCUT2D eigenvalue weighted by Crippen LogP contribution is -2.08. The van der Waals surface area contributed by atoms with Gasteiger partial charge < -0.3 is 5.11 Å². The van der Waals surface area contributed by atoms with Crippen LogP contribution < -0.4 is 0 Å². The molecule has 1 aromatic heterocycles. The van der Waals surface area contributed by atoms with Gasteiger partial charge in [0.15, 0.2) is 5.69 Å². The maximum Gasteiger partial charge on any atom is 0.338 e.